The number of aromatic nitrogens is 1. The summed E-state index contributed by atoms with van der Waals surface area (Å²) in [6.45, 7) is 0.298. The number of oxime groups is 1. The van der Waals surface area contributed by atoms with E-state index < -0.39 is 11.8 Å². The molecular weight excluding hydrogens is 490 g/mol. The van der Waals surface area contributed by atoms with Crippen molar-refractivity contribution < 1.29 is 28.6 Å². The fraction of sp³-hybridized carbons (Fsp3) is 0.0333. The first-order valence-corrected chi connectivity index (χ1v) is 11.4. The lowest BCUT2D eigenvalue weighted by Crippen LogP contribution is -1.95. The van der Waals surface area contributed by atoms with Crippen molar-refractivity contribution >= 4 is 23.8 Å². The molecule has 0 bridgehead atoms. The maximum atomic E-state index is 13.2. The van der Waals surface area contributed by atoms with Gasteiger partial charge in [-0.05, 0) is 90.0 Å². The third-order valence-corrected chi connectivity index (χ3v) is 4.94. The summed E-state index contributed by atoms with van der Waals surface area (Å²) in [5, 5.41) is 20.8. The molecule has 0 aliphatic carbocycles. The summed E-state index contributed by atoms with van der Waals surface area (Å²) in [7, 11) is 0. The van der Waals surface area contributed by atoms with Gasteiger partial charge in [-0.25, -0.2) is 13.6 Å². The Bertz CT molecular complexity index is 1400. The Kier molecular flexibility index (Phi) is 10.4. The van der Waals surface area contributed by atoms with Gasteiger partial charge in [-0.3, -0.25) is 4.98 Å². The van der Waals surface area contributed by atoms with Gasteiger partial charge in [0.25, 0.3) is 0 Å². The van der Waals surface area contributed by atoms with Crippen molar-refractivity contribution in [2.75, 3.05) is 0 Å². The molecule has 38 heavy (non-hydrogen) atoms. The molecule has 1 heterocycles. The molecule has 4 rings (SSSR count). The van der Waals surface area contributed by atoms with Gasteiger partial charge in [0.2, 0.25) is 0 Å². The second kappa shape index (κ2) is 14.4. The number of carbonyl (C=O) groups is 1. The van der Waals surface area contributed by atoms with Gasteiger partial charge >= 0.3 is 5.97 Å². The van der Waals surface area contributed by atoms with Gasteiger partial charge in [0.1, 0.15) is 29.7 Å². The first-order chi connectivity index (χ1) is 18.4. The van der Waals surface area contributed by atoms with Crippen LogP contribution in [-0.4, -0.2) is 27.0 Å². The lowest BCUT2D eigenvalue weighted by Gasteiger charge is -2.06. The number of aromatic carboxylic acids is 1. The number of hydrogen-bond donors (Lipinski definition) is 2. The molecule has 0 unspecified atom stereocenters. The van der Waals surface area contributed by atoms with E-state index in [-0.39, 0.29) is 11.4 Å². The molecule has 0 amide bonds. The Hall–Kier alpha value is -5.11. The molecule has 4 aromatic rings. The van der Waals surface area contributed by atoms with E-state index in [0.29, 0.717) is 18.1 Å². The third-order valence-electron chi connectivity index (χ3n) is 4.94. The molecule has 2 N–H and O–H groups in total. The van der Waals surface area contributed by atoms with Gasteiger partial charge < -0.3 is 15.1 Å². The van der Waals surface area contributed by atoms with E-state index in [1.165, 1.54) is 24.3 Å². The molecule has 8 heteroatoms. The van der Waals surface area contributed by atoms with Gasteiger partial charge in [0.05, 0.1) is 11.3 Å². The van der Waals surface area contributed by atoms with Crippen LogP contribution in [0.15, 0.2) is 115 Å². The van der Waals surface area contributed by atoms with E-state index >= 15 is 0 Å². The van der Waals surface area contributed by atoms with Gasteiger partial charge in [0.15, 0.2) is 0 Å². The molecular formula is C30H24F2N2O4. The van der Waals surface area contributed by atoms with E-state index in [4.69, 9.17) is 15.1 Å². The second-order valence-corrected chi connectivity index (χ2v) is 7.75. The van der Waals surface area contributed by atoms with Crippen LogP contribution >= 0.6 is 0 Å². The number of pyridine rings is 1. The highest BCUT2D eigenvalue weighted by Gasteiger charge is 2.00. The van der Waals surface area contributed by atoms with Gasteiger partial charge in [-0.15, -0.1) is 0 Å². The lowest BCUT2D eigenvalue weighted by molar-refractivity contribution is 0.0697. The summed E-state index contributed by atoms with van der Waals surface area (Å²) >= 11 is 0. The first kappa shape index (κ1) is 27.5. The molecule has 6 nitrogen and oxygen atoms in total. The van der Waals surface area contributed by atoms with Crippen LogP contribution in [0.3, 0.4) is 0 Å². The average molecular weight is 515 g/mol. The minimum Gasteiger partial charge on any atom is -0.489 e. The summed E-state index contributed by atoms with van der Waals surface area (Å²) in [6, 6.07) is 24.0. The Labute approximate surface area is 218 Å². The van der Waals surface area contributed by atoms with Crippen LogP contribution in [0.5, 0.6) is 5.75 Å². The van der Waals surface area contributed by atoms with Gasteiger partial charge in [0, 0.05) is 6.20 Å². The largest absolute Gasteiger partial charge is 0.489 e. The van der Waals surface area contributed by atoms with Crippen LogP contribution in [0.1, 0.15) is 27.2 Å². The van der Waals surface area contributed by atoms with Gasteiger partial charge in [-0.1, -0.05) is 41.6 Å². The van der Waals surface area contributed by atoms with Crippen molar-refractivity contribution in [2.45, 2.75) is 6.61 Å². The number of carboxylic acids is 1. The van der Waals surface area contributed by atoms with Crippen LogP contribution < -0.4 is 4.74 Å². The SMILES string of the molecule is O=C(O)c1ccc(F)cc1.ON=C(C=Cc1ccc(OCc2cccc(F)c2)cc1)C=Cc1ccccn1. The van der Waals surface area contributed by atoms with E-state index in [1.807, 2.05) is 54.6 Å². The normalized spacial score (nSPS) is 11.3. The third kappa shape index (κ3) is 9.50. The fourth-order valence-electron chi connectivity index (χ4n) is 3.01. The number of hydrogen-bond acceptors (Lipinski definition) is 5. The molecule has 0 aliphatic heterocycles. The quantitative estimate of drug-likeness (QED) is 0.152. The molecule has 0 fully saturated rings. The standard InChI is InChI=1S/C23H19FN2O2.C7H5FO2/c24-20-5-3-4-19(16-20)17-28-23-13-8-18(9-14-23)7-10-22(26-27)12-11-21-6-1-2-15-25-21;8-6-3-1-5(2-4-6)7(9)10/h1-16,27H,17H2;1-4H,(H,9,10). The zero-order valence-corrected chi connectivity index (χ0v) is 20.1. The maximum Gasteiger partial charge on any atom is 0.335 e. The van der Waals surface area contributed by atoms with Crippen LogP contribution in [0.2, 0.25) is 0 Å². The van der Waals surface area contributed by atoms with Crippen molar-refractivity contribution in [3.05, 3.63) is 143 Å². The summed E-state index contributed by atoms with van der Waals surface area (Å²) < 4.78 is 31.0. The Morgan fingerprint density at radius 1 is 0.868 bits per heavy atom. The number of rotatable bonds is 8. The highest BCUT2D eigenvalue weighted by Crippen LogP contribution is 2.16. The fourth-order valence-corrected chi connectivity index (χ4v) is 3.01. The minimum atomic E-state index is -1.04. The summed E-state index contributed by atoms with van der Waals surface area (Å²) in [5.41, 5.74) is 2.97. The number of allylic oxidation sites excluding steroid dienone is 2. The Morgan fingerprint density at radius 2 is 1.61 bits per heavy atom. The number of halogens is 2. The van der Waals surface area contributed by atoms with E-state index in [0.717, 1.165) is 29.0 Å². The van der Waals surface area contributed by atoms with E-state index in [1.54, 1.807) is 30.5 Å². The Morgan fingerprint density at radius 3 is 2.24 bits per heavy atom. The average Bonchev–Trinajstić information content (AvgIpc) is 2.94. The van der Waals surface area contributed by atoms with Crippen molar-refractivity contribution in [3.8, 4) is 5.75 Å². The Balaban J connectivity index is 0.000000336. The second-order valence-electron chi connectivity index (χ2n) is 7.75. The topological polar surface area (TPSA) is 92.0 Å². The molecule has 0 atom stereocenters. The molecule has 0 spiro atoms. The molecule has 0 saturated carbocycles. The predicted octanol–water partition coefficient (Wildman–Crippen LogP) is 6.88. The van der Waals surface area contributed by atoms with E-state index in [9.17, 15) is 13.6 Å². The van der Waals surface area contributed by atoms with Crippen molar-refractivity contribution in [1.82, 2.24) is 4.98 Å². The molecule has 1 aromatic heterocycles. The van der Waals surface area contributed by atoms with E-state index in [2.05, 4.69) is 10.1 Å². The zero-order chi connectivity index (χ0) is 27.2. The molecule has 3 aromatic carbocycles. The molecule has 0 saturated heterocycles. The van der Waals surface area contributed by atoms with Crippen LogP contribution in [0.25, 0.3) is 12.2 Å². The smallest absolute Gasteiger partial charge is 0.335 e. The number of nitrogens with zero attached hydrogens (tertiary/aromatic N) is 2. The maximum absolute atomic E-state index is 13.2. The number of ether oxygens (including phenoxy) is 1. The van der Waals surface area contributed by atoms with Crippen molar-refractivity contribution in [1.29, 1.82) is 0 Å². The van der Waals surface area contributed by atoms with Crippen molar-refractivity contribution in [3.63, 3.8) is 0 Å². The van der Waals surface area contributed by atoms with Gasteiger partial charge in [-0.2, -0.15) is 0 Å². The molecule has 0 aliphatic rings. The molecule has 192 valence electrons. The predicted molar refractivity (Wildman–Crippen MR) is 142 cm³/mol. The van der Waals surface area contributed by atoms with Crippen molar-refractivity contribution in [2.24, 2.45) is 5.16 Å². The highest BCUT2D eigenvalue weighted by molar-refractivity contribution is 6.08. The molecule has 0 radical (unpaired) electrons. The van der Waals surface area contributed by atoms with Crippen LogP contribution in [-0.2, 0) is 6.61 Å². The number of benzene rings is 3. The number of carboxylic acid groups (broad SMARTS) is 1. The summed E-state index contributed by atoms with van der Waals surface area (Å²) in [5.74, 6) is -1.06. The van der Waals surface area contributed by atoms with Crippen LogP contribution in [0.4, 0.5) is 8.78 Å². The monoisotopic (exact) mass is 514 g/mol. The minimum absolute atomic E-state index is 0.0985. The zero-order valence-electron chi connectivity index (χ0n) is 20.1. The summed E-state index contributed by atoms with van der Waals surface area (Å²) in [6.07, 6.45) is 8.66. The lowest BCUT2D eigenvalue weighted by atomic mass is 10.1. The highest BCUT2D eigenvalue weighted by atomic mass is 19.1. The summed E-state index contributed by atoms with van der Waals surface area (Å²) in [4.78, 5) is 14.4. The first-order valence-electron chi connectivity index (χ1n) is 11.4. The van der Waals surface area contributed by atoms with Crippen LogP contribution in [0, 0.1) is 11.6 Å².